The normalized spacial score (nSPS) is 14.5. The highest BCUT2D eigenvalue weighted by atomic mass is 19.1. The Hall–Kier alpha value is -1.68. The zero-order valence-electron chi connectivity index (χ0n) is 12.3. The number of aromatic nitrogens is 2. The number of halogens is 1. The van der Waals surface area contributed by atoms with Crippen molar-refractivity contribution in [3.63, 3.8) is 0 Å². The predicted molar refractivity (Wildman–Crippen MR) is 79.8 cm³/mol. The molecule has 0 saturated carbocycles. The van der Waals surface area contributed by atoms with Gasteiger partial charge in [0.2, 0.25) is 0 Å². The molecule has 0 amide bonds. The summed E-state index contributed by atoms with van der Waals surface area (Å²) in [6.45, 7) is 6.99. The van der Waals surface area contributed by atoms with Gasteiger partial charge < -0.3 is 10.3 Å². The molecule has 0 aliphatic heterocycles. The lowest BCUT2D eigenvalue weighted by atomic mass is 9.90. The van der Waals surface area contributed by atoms with Crippen LogP contribution in [0.2, 0.25) is 0 Å². The molecule has 108 valence electrons. The number of hydrogen-bond donors (Lipinski definition) is 1. The summed E-state index contributed by atoms with van der Waals surface area (Å²) in [7, 11) is 0. The molecule has 0 spiro atoms. The Balaban J connectivity index is 2.46. The van der Waals surface area contributed by atoms with Gasteiger partial charge in [0, 0.05) is 12.1 Å². The summed E-state index contributed by atoms with van der Waals surface area (Å²) in [5.41, 5.74) is 7.51. The van der Waals surface area contributed by atoms with Crippen molar-refractivity contribution in [2.45, 2.75) is 32.7 Å². The molecule has 1 unspecified atom stereocenters. The first-order valence-corrected chi connectivity index (χ1v) is 6.95. The van der Waals surface area contributed by atoms with Gasteiger partial charge in [-0.1, -0.05) is 26.0 Å². The Bertz CT molecular complexity index is 577. The maximum atomic E-state index is 13.4. The largest absolute Gasteiger partial charge is 0.328 e. The molecule has 2 aromatic rings. The molecule has 1 atom stereocenters. The van der Waals surface area contributed by atoms with Gasteiger partial charge in [0.15, 0.2) is 0 Å². The summed E-state index contributed by atoms with van der Waals surface area (Å²) in [6.07, 6.45) is 4.50. The summed E-state index contributed by atoms with van der Waals surface area (Å²) in [5.74, 6) is 0.278. The lowest BCUT2D eigenvalue weighted by Crippen LogP contribution is -2.39. The van der Waals surface area contributed by atoms with Crippen molar-refractivity contribution < 1.29 is 4.39 Å². The molecule has 1 heterocycles. The second-order valence-corrected chi connectivity index (χ2v) is 5.96. The van der Waals surface area contributed by atoms with Crippen LogP contribution in [0.25, 0.3) is 11.3 Å². The fraction of sp³-hybridized carbons (Fsp3) is 0.438. The van der Waals surface area contributed by atoms with E-state index in [9.17, 15) is 4.39 Å². The summed E-state index contributed by atoms with van der Waals surface area (Å²) in [5, 5.41) is 0. The van der Waals surface area contributed by atoms with E-state index in [2.05, 4.69) is 30.3 Å². The van der Waals surface area contributed by atoms with Crippen LogP contribution in [0.5, 0.6) is 0 Å². The molecular weight excluding hydrogens is 253 g/mol. The van der Waals surface area contributed by atoms with Gasteiger partial charge in [0.1, 0.15) is 5.82 Å². The highest BCUT2D eigenvalue weighted by Crippen LogP contribution is 2.30. The predicted octanol–water partition coefficient (Wildman–Crippen LogP) is 3.41. The smallest absolute Gasteiger partial charge is 0.123 e. The van der Waals surface area contributed by atoms with Crippen LogP contribution < -0.4 is 5.73 Å². The highest BCUT2D eigenvalue weighted by molar-refractivity contribution is 5.59. The first-order chi connectivity index (χ1) is 9.46. The standard InChI is InChI=1S/C16H22FN3/c1-12(2)8-16(3,10-18)20-11-19-9-15(20)13-5-4-6-14(17)7-13/h4-7,9,11-12H,8,10,18H2,1-3H3. The molecule has 1 aromatic carbocycles. The van der Waals surface area contributed by atoms with Crippen LogP contribution in [0.15, 0.2) is 36.8 Å². The van der Waals surface area contributed by atoms with Gasteiger partial charge in [-0.15, -0.1) is 0 Å². The Labute approximate surface area is 119 Å². The van der Waals surface area contributed by atoms with Crippen molar-refractivity contribution >= 4 is 0 Å². The Morgan fingerprint density at radius 1 is 1.40 bits per heavy atom. The van der Waals surface area contributed by atoms with Crippen molar-refractivity contribution in [1.82, 2.24) is 9.55 Å². The van der Waals surface area contributed by atoms with Crippen LogP contribution in [0.1, 0.15) is 27.2 Å². The second-order valence-electron chi connectivity index (χ2n) is 5.96. The van der Waals surface area contributed by atoms with Gasteiger partial charge in [0.25, 0.3) is 0 Å². The summed E-state index contributed by atoms with van der Waals surface area (Å²) in [6, 6.07) is 6.58. The van der Waals surface area contributed by atoms with Gasteiger partial charge in [-0.25, -0.2) is 9.37 Å². The fourth-order valence-electron chi connectivity index (χ4n) is 2.75. The van der Waals surface area contributed by atoms with Crippen LogP contribution in [-0.4, -0.2) is 16.1 Å². The van der Waals surface area contributed by atoms with Gasteiger partial charge in [-0.3, -0.25) is 0 Å². The van der Waals surface area contributed by atoms with Crippen LogP contribution >= 0.6 is 0 Å². The number of benzene rings is 1. The topological polar surface area (TPSA) is 43.8 Å². The Morgan fingerprint density at radius 2 is 2.15 bits per heavy atom. The van der Waals surface area contributed by atoms with E-state index in [0.29, 0.717) is 12.5 Å². The van der Waals surface area contributed by atoms with Crippen molar-refractivity contribution in [1.29, 1.82) is 0 Å². The van der Waals surface area contributed by atoms with E-state index in [1.54, 1.807) is 18.6 Å². The monoisotopic (exact) mass is 275 g/mol. The first kappa shape index (κ1) is 14.7. The molecule has 0 bridgehead atoms. The number of rotatable bonds is 5. The lowest BCUT2D eigenvalue weighted by molar-refractivity contribution is 0.267. The minimum absolute atomic E-state index is 0.216. The average Bonchev–Trinajstić information content (AvgIpc) is 2.87. The third-order valence-electron chi connectivity index (χ3n) is 3.63. The molecule has 0 aliphatic rings. The van der Waals surface area contributed by atoms with Gasteiger partial charge in [-0.2, -0.15) is 0 Å². The Kier molecular flexibility index (Phi) is 4.23. The average molecular weight is 275 g/mol. The third kappa shape index (κ3) is 2.90. The molecule has 4 heteroatoms. The SMILES string of the molecule is CC(C)CC(C)(CN)n1cncc1-c1cccc(F)c1. The molecule has 0 radical (unpaired) electrons. The zero-order valence-corrected chi connectivity index (χ0v) is 12.3. The van der Waals surface area contributed by atoms with Gasteiger partial charge in [0.05, 0.1) is 23.8 Å². The second kappa shape index (κ2) is 5.75. The maximum Gasteiger partial charge on any atom is 0.123 e. The summed E-state index contributed by atoms with van der Waals surface area (Å²) >= 11 is 0. The van der Waals surface area contributed by atoms with Gasteiger partial charge in [-0.05, 0) is 31.4 Å². The number of nitrogens with two attached hydrogens (primary N) is 1. The first-order valence-electron chi connectivity index (χ1n) is 6.95. The van der Waals surface area contributed by atoms with E-state index in [1.807, 2.05) is 6.07 Å². The van der Waals surface area contributed by atoms with E-state index in [-0.39, 0.29) is 11.4 Å². The van der Waals surface area contributed by atoms with Crippen molar-refractivity contribution in [2.75, 3.05) is 6.54 Å². The van der Waals surface area contributed by atoms with E-state index in [1.165, 1.54) is 12.1 Å². The molecule has 0 saturated heterocycles. The highest BCUT2D eigenvalue weighted by Gasteiger charge is 2.28. The lowest BCUT2D eigenvalue weighted by Gasteiger charge is -2.33. The molecule has 20 heavy (non-hydrogen) atoms. The van der Waals surface area contributed by atoms with E-state index >= 15 is 0 Å². The van der Waals surface area contributed by atoms with Crippen LogP contribution in [0, 0.1) is 11.7 Å². The van der Waals surface area contributed by atoms with E-state index < -0.39 is 0 Å². The number of hydrogen-bond acceptors (Lipinski definition) is 2. The summed E-state index contributed by atoms with van der Waals surface area (Å²) in [4.78, 5) is 4.23. The molecular formula is C16H22FN3. The molecule has 1 aromatic heterocycles. The zero-order chi connectivity index (χ0) is 14.8. The van der Waals surface area contributed by atoms with Crippen LogP contribution in [-0.2, 0) is 5.54 Å². The quantitative estimate of drug-likeness (QED) is 0.908. The van der Waals surface area contributed by atoms with E-state index in [4.69, 9.17) is 5.73 Å². The van der Waals surface area contributed by atoms with Crippen LogP contribution in [0.4, 0.5) is 4.39 Å². The van der Waals surface area contributed by atoms with E-state index in [0.717, 1.165) is 17.7 Å². The minimum Gasteiger partial charge on any atom is -0.328 e. The van der Waals surface area contributed by atoms with Crippen molar-refractivity contribution in [3.05, 3.63) is 42.6 Å². The van der Waals surface area contributed by atoms with Crippen LogP contribution in [0.3, 0.4) is 0 Å². The third-order valence-corrected chi connectivity index (χ3v) is 3.63. The molecule has 2 rings (SSSR count). The van der Waals surface area contributed by atoms with Crippen molar-refractivity contribution in [2.24, 2.45) is 11.7 Å². The Morgan fingerprint density at radius 3 is 2.75 bits per heavy atom. The molecule has 0 aliphatic carbocycles. The molecule has 0 fully saturated rings. The van der Waals surface area contributed by atoms with Crippen molar-refractivity contribution in [3.8, 4) is 11.3 Å². The van der Waals surface area contributed by atoms with Gasteiger partial charge >= 0.3 is 0 Å². The minimum atomic E-state index is -0.242. The maximum absolute atomic E-state index is 13.4. The molecule has 2 N–H and O–H groups in total. The molecule has 3 nitrogen and oxygen atoms in total. The fourth-order valence-corrected chi connectivity index (χ4v) is 2.75. The number of nitrogens with zero attached hydrogens (tertiary/aromatic N) is 2. The summed E-state index contributed by atoms with van der Waals surface area (Å²) < 4.78 is 15.5. The number of imidazole rings is 1.